The Balaban J connectivity index is 1.77. The van der Waals surface area contributed by atoms with Crippen molar-refractivity contribution in [1.82, 2.24) is 25.5 Å². The molecule has 13 heteroatoms. The van der Waals surface area contributed by atoms with E-state index in [0.29, 0.717) is 6.07 Å². The number of aliphatic hydroxyl groups is 1. The van der Waals surface area contributed by atoms with Crippen molar-refractivity contribution in [1.29, 1.82) is 0 Å². The highest BCUT2D eigenvalue weighted by Crippen LogP contribution is 2.42. The van der Waals surface area contributed by atoms with Gasteiger partial charge in [0.25, 0.3) is 5.91 Å². The lowest BCUT2D eigenvalue weighted by atomic mass is 9.76. The third-order valence-corrected chi connectivity index (χ3v) is 6.45. The van der Waals surface area contributed by atoms with Crippen LogP contribution in [0.4, 0.5) is 22.0 Å². The molecule has 1 atom stereocenters. The molecule has 0 aliphatic heterocycles. The molecule has 3 aromatic rings. The molecule has 0 spiro atoms. The number of nitrogens with one attached hydrogen (secondary N) is 1. The van der Waals surface area contributed by atoms with Gasteiger partial charge >= 0.3 is 6.18 Å². The molecule has 0 saturated heterocycles. The zero-order valence-electron chi connectivity index (χ0n) is 17.9. The first-order valence-electron chi connectivity index (χ1n) is 10.6. The predicted octanol–water partition coefficient (Wildman–Crippen LogP) is 4.59. The number of benzene rings is 2. The van der Waals surface area contributed by atoms with Crippen LogP contribution in [0.25, 0.3) is 5.69 Å². The molecule has 1 saturated carbocycles. The zero-order valence-corrected chi connectivity index (χ0v) is 18.7. The largest absolute Gasteiger partial charge is 0.416 e. The van der Waals surface area contributed by atoms with Gasteiger partial charge in [0.1, 0.15) is 18.3 Å². The first-order chi connectivity index (χ1) is 16.5. The minimum absolute atomic E-state index is 0.00591. The molecule has 0 radical (unpaired) electrons. The van der Waals surface area contributed by atoms with E-state index in [9.17, 15) is 31.9 Å². The fourth-order valence-corrected chi connectivity index (χ4v) is 4.42. The summed E-state index contributed by atoms with van der Waals surface area (Å²) in [6, 6.07) is 4.93. The van der Waals surface area contributed by atoms with E-state index in [4.69, 9.17) is 11.6 Å². The summed E-state index contributed by atoms with van der Waals surface area (Å²) < 4.78 is 68.9. The number of carbonyl (C=O) groups is 1. The molecule has 1 heterocycles. The Morgan fingerprint density at radius 1 is 1.23 bits per heavy atom. The third-order valence-electron chi connectivity index (χ3n) is 6.05. The number of rotatable bonds is 5. The van der Waals surface area contributed by atoms with Gasteiger partial charge in [-0.1, -0.05) is 23.7 Å². The van der Waals surface area contributed by atoms with Crippen molar-refractivity contribution >= 4 is 17.5 Å². The summed E-state index contributed by atoms with van der Waals surface area (Å²) in [5.74, 6) is -1.69. The third kappa shape index (κ3) is 5.13. The van der Waals surface area contributed by atoms with Crippen LogP contribution < -0.4 is 5.32 Å². The minimum atomic E-state index is -4.70. The van der Waals surface area contributed by atoms with E-state index in [1.54, 1.807) is 0 Å². The van der Waals surface area contributed by atoms with Crippen LogP contribution >= 0.6 is 11.6 Å². The van der Waals surface area contributed by atoms with E-state index < -0.39 is 41.3 Å². The highest BCUT2D eigenvalue weighted by Gasteiger charge is 2.43. The Labute approximate surface area is 200 Å². The van der Waals surface area contributed by atoms with Crippen molar-refractivity contribution in [3.8, 4) is 5.69 Å². The van der Waals surface area contributed by atoms with Gasteiger partial charge in [-0.2, -0.15) is 17.9 Å². The van der Waals surface area contributed by atoms with Gasteiger partial charge < -0.3 is 10.4 Å². The Kier molecular flexibility index (Phi) is 6.78. The number of tetrazole rings is 1. The molecule has 1 aromatic heterocycles. The molecule has 1 aliphatic carbocycles. The molecule has 4 rings (SSSR count). The van der Waals surface area contributed by atoms with Crippen LogP contribution in [0.1, 0.15) is 53.2 Å². The second-order valence-electron chi connectivity index (χ2n) is 8.31. The van der Waals surface area contributed by atoms with Gasteiger partial charge in [-0.25, -0.2) is 8.78 Å². The maximum absolute atomic E-state index is 14.2. The highest BCUT2D eigenvalue weighted by atomic mass is 35.5. The monoisotopic (exact) mass is 515 g/mol. The Morgan fingerprint density at radius 3 is 2.57 bits per heavy atom. The molecule has 0 bridgehead atoms. The molecule has 1 amide bonds. The van der Waals surface area contributed by atoms with Crippen molar-refractivity contribution in [2.24, 2.45) is 0 Å². The fraction of sp³-hybridized carbons (Fsp3) is 0.364. The quantitative estimate of drug-likeness (QED) is 0.485. The second-order valence-corrected chi connectivity index (χ2v) is 8.69. The SMILES string of the molecule is O=C(NC(c1cccc(F)c1Cl)[C@]1(O)CC[C@H](F)CC1)c1ccc(C(F)(F)F)cc1-n1cnnn1. The summed E-state index contributed by atoms with van der Waals surface area (Å²) in [6.07, 6.45) is -4.93. The Hall–Kier alpha value is -3.12. The number of alkyl halides is 4. The fourth-order valence-electron chi connectivity index (χ4n) is 4.19. The van der Waals surface area contributed by atoms with Gasteiger partial charge in [0.2, 0.25) is 0 Å². The summed E-state index contributed by atoms with van der Waals surface area (Å²) in [6.45, 7) is 0. The van der Waals surface area contributed by atoms with Gasteiger partial charge in [0, 0.05) is 0 Å². The lowest BCUT2D eigenvalue weighted by molar-refractivity contribution is -0.137. The van der Waals surface area contributed by atoms with Crippen molar-refractivity contribution in [3.63, 3.8) is 0 Å². The summed E-state index contributed by atoms with van der Waals surface area (Å²) >= 11 is 6.14. The predicted molar refractivity (Wildman–Crippen MR) is 114 cm³/mol. The van der Waals surface area contributed by atoms with Crippen LogP contribution in [0.3, 0.4) is 0 Å². The van der Waals surface area contributed by atoms with Crippen LogP contribution in [0, 0.1) is 5.82 Å². The first kappa shape index (κ1) is 25.0. The average molecular weight is 516 g/mol. The van der Waals surface area contributed by atoms with E-state index in [2.05, 4.69) is 20.8 Å². The van der Waals surface area contributed by atoms with E-state index in [-0.39, 0.29) is 47.5 Å². The molecular weight excluding hydrogens is 497 g/mol. The Bertz CT molecular complexity index is 1210. The van der Waals surface area contributed by atoms with Gasteiger partial charge in [-0.05, 0) is 65.9 Å². The average Bonchev–Trinajstić information content (AvgIpc) is 3.35. The normalized spacial score (nSPS) is 21.5. The molecule has 186 valence electrons. The van der Waals surface area contributed by atoms with Gasteiger partial charge in [0.15, 0.2) is 0 Å². The summed E-state index contributed by atoms with van der Waals surface area (Å²) in [4.78, 5) is 13.4. The lowest BCUT2D eigenvalue weighted by Gasteiger charge is -2.41. The summed E-state index contributed by atoms with van der Waals surface area (Å²) in [5, 5.41) is 24.0. The van der Waals surface area contributed by atoms with Gasteiger partial charge in [0.05, 0.1) is 33.5 Å². The van der Waals surface area contributed by atoms with Gasteiger partial charge in [-0.3, -0.25) is 4.79 Å². The van der Waals surface area contributed by atoms with E-state index in [1.807, 2.05) is 0 Å². The maximum Gasteiger partial charge on any atom is 0.416 e. The van der Waals surface area contributed by atoms with Crippen molar-refractivity contribution in [2.45, 2.75) is 49.7 Å². The molecule has 1 aliphatic rings. The standard InChI is InChI=1S/C22H19ClF5N5O2/c23-18-15(2-1-3-16(18)25)19(21(35)8-6-13(24)7-9-21)30-20(34)14-5-4-12(22(26,27)28)10-17(14)33-11-29-31-32-33/h1-5,10-11,13,19,35H,6-9H2,(H,30,34)/t13-,19?,21-. The number of amides is 1. The van der Waals surface area contributed by atoms with Gasteiger partial charge in [-0.15, -0.1) is 5.10 Å². The van der Waals surface area contributed by atoms with E-state index in [1.165, 1.54) is 12.1 Å². The van der Waals surface area contributed by atoms with Crippen LogP contribution in [0.2, 0.25) is 5.02 Å². The second kappa shape index (κ2) is 9.50. The molecule has 1 fully saturated rings. The highest BCUT2D eigenvalue weighted by molar-refractivity contribution is 6.31. The molecule has 1 unspecified atom stereocenters. The maximum atomic E-state index is 14.2. The molecule has 2 aromatic carbocycles. The van der Waals surface area contributed by atoms with Crippen molar-refractivity contribution in [2.75, 3.05) is 0 Å². The van der Waals surface area contributed by atoms with Crippen molar-refractivity contribution < 1.29 is 31.9 Å². The van der Waals surface area contributed by atoms with E-state index >= 15 is 0 Å². The molecule has 7 nitrogen and oxygen atoms in total. The zero-order chi connectivity index (χ0) is 25.4. The summed E-state index contributed by atoms with van der Waals surface area (Å²) in [5.41, 5.74) is -3.19. The van der Waals surface area contributed by atoms with Crippen LogP contribution in [0.5, 0.6) is 0 Å². The van der Waals surface area contributed by atoms with Crippen LogP contribution in [0.15, 0.2) is 42.7 Å². The minimum Gasteiger partial charge on any atom is -0.387 e. The molecule has 2 N–H and O–H groups in total. The molecular formula is C22H19ClF5N5O2. The topological polar surface area (TPSA) is 92.9 Å². The smallest absolute Gasteiger partial charge is 0.387 e. The first-order valence-corrected chi connectivity index (χ1v) is 10.9. The number of carbonyl (C=O) groups excluding carboxylic acids is 1. The number of hydrogen-bond donors (Lipinski definition) is 2. The van der Waals surface area contributed by atoms with Crippen LogP contribution in [-0.4, -0.2) is 43.0 Å². The summed E-state index contributed by atoms with van der Waals surface area (Å²) in [7, 11) is 0. The molecule has 35 heavy (non-hydrogen) atoms. The van der Waals surface area contributed by atoms with Crippen LogP contribution in [-0.2, 0) is 6.18 Å². The lowest BCUT2D eigenvalue weighted by Crippen LogP contribution is -2.48. The Morgan fingerprint density at radius 2 is 1.94 bits per heavy atom. The number of hydrogen-bond acceptors (Lipinski definition) is 5. The number of nitrogens with zero attached hydrogens (tertiary/aromatic N) is 4. The number of halogens is 6. The van der Waals surface area contributed by atoms with Crippen molar-refractivity contribution in [3.05, 3.63) is 70.3 Å². The van der Waals surface area contributed by atoms with E-state index in [0.717, 1.165) is 29.2 Å². The number of aromatic nitrogens is 4.